The van der Waals surface area contributed by atoms with Crippen LogP contribution in [0.15, 0.2) is 48.5 Å². The van der Waals surface area contributed by atoms with E-state index in [9.17, 15) is 14.4 Å². The molecule has 7 heteroatoms. The Morgan fingerprint density at radius 2 is 1.82 bits per heavy atom. The van der Waals surface area contributed by atoms with Gasteiger partial charge in [-0.25, -0.2) is 4.79 Å². The first-order valence-corrected chi connectivity index (χ1v) is 13.0. The number of rotatable bonds is 5. The van der Waals surface area contributed by atoms with E-state index >= 15 is 0 Å². The lowest BCUT2D eigenvalue weighted by Crippen LogP contribution is -2.64. The number of amides is 4. The van der Waals surface area contributed by atoms with Gasteiger partial charge in [0.15, 0.2) is 0 Å². The smallest absolute Gasteiger partial charge is 0.324 e. The first-order chi connectivity index (χ1) is 16.4. The molecule has 2 aromatic rings. The van der Waals surface area contributed by atoms with Gasteiger partial charge in [-0.1, -0.05) is 55.3 Å². The van der Waals surface area contributed by atoms with E-state index in [2.05, 4.69) is 5.32 Å². The molecule has 34 heavy (non-hydrogen) atoms. The molecule has 4 amide bonds. The summed E-state index contributed by atoms with van der Waals surface area (Å²) in [6.45, 7) is 4.12. The van der Waals surface area contributed by atoms with E-state index < -0.39 is 0 Å². The maximum atomic E-state index is 13.7. The number of thioether (sulfide) groups is 1. The lowest BCUT2D eigenvalue weighted by atomic mass is 9.81. The lowest BCUT2D eigenvalue weighted by molar-refractivity contribution is -0.134. The third kappa shape index (κ3) is 4.33. The van der Waals surface area contributed by atoms with E-state index in [4.69, 9.17) is 0 Å². The van der Waals surface area contributed by atoms with Crippen LogP contribution in [0.5, 0.6) is 0 Å². The van der Waals surface area contributed by atoms with Crippen LogP contribution in [0, 0.1) is 19.8 Å². The molecule has 3 aliphatic rings. The average molecular weight is 478 g/mol. The predicted octanol–water partition coefficient (Wildman–Crippen LogP) is 4.75. The number of carbonyl (C=O) groups excluding carboxylic acids is 3. The number of nitrogens with one attached hydrogen (secondary N) is 1. The van der Waals surface area contributed by atoms with Crippen LogP contribution in [0.2, 0.25) is 0 Å². The van der Waals surface area contributed by atoms with Crippen molar-refractivity contribution in [3.63, 3.8) is 0 Å². The minimum atomic E-state index is -0.349. The number of anilines is 1. The maximum absolute atomic E-state index is 13.7. The average Bonchev–Trinajstić information content (AvgIpc) is 3.22. The minimum Gasteiger partial charge on any atom is -0.324 e. The number of imide groups is 1. The highest BCUT2D eigenvalue weighted by Crippen LogP contribution is 2.50. The quantitative estimate of drug-likeness (QED) is 0.675. The van der Waals surface area contributed by atoms with Crippen LogP contribution in [0.3, 0.4) is 0 Å². The first-order valence-electron chi connectivity index (χ1n) is 12.1. The number of urea groups is 1. The summed E-state index contributed by atoms with van der Waals surface area (Å²) in [4.78, 5) is 43.5. The van der Waals surface area contributed by atoms with Crippen LogP contribution in [-0.2, 0) is 16.1 Å². The van der Waals surface area contributed by atoms with E-state index in [-0.39, 0.29) is 48.1 Å². The van der Waals surface area contributed by atoms with Crippen molar-refractivity contribution in [2.24, 2.45) is 5.92 Å². The van der Waals surface area contributed by atoms with Gasteiger partial charge >= 0.3 is 6.03 Å². The second kappa shape index (κ2) is 9.45. The number of nitrogens with zero attached hydrogens (tertiary/aromatic N) is 2. The van der Waals surface area contributed by atoms with Crippen LogP contribution >= 0.6 is 11.8 Å². The minimum absolute atomic E-state index is 0.0459. The van der Waals surface area contributed by atoms with Gasteiger partial charge in [0, 0.05) is 10.9 Å². The lowest BCUT2D eigenvalue weighted by Gasteiger charge is -2.43. The first kappa shape index (κ1) is 23.0. The van der Waals surface area contributed by atoms with Crippen molar-refractivity contribution >= 4 is 35.3 Å². The largest absolute Gasteiger partial charge is 0.327 e. The van der Waals surface area contributed by atoms with Crippen LogP contribution < -0.4 is 5.32 Å². The van der Waals surface area contributed by atoms with Gasteiger partial charge in [-0.05, 0) is 55.4 Å². The fourth-order valence-corrected chi connectivity index (χ4v) is 7.54. The summed E-state index contributed by atoms with van der Waals surface area (Å²) in [5.74, 6) is -0.0625. The van der Waals surface area contributed by atoms with Crippen molar-refractivity contribution in [2.45, 2.75) is 62.6 Å². The second-order valence-corrected chi connectivity index (χ2v) is 11.1. The van der Waals surface area contributed by atoms with Gasteiger partial charge < -0.3 is 10.2 Å². The van der Waals surface area contributed by atoms with Crippen LogP contribution in [0.4, 0.5) is 10.5 Å². The zero-order valence-corrected chi connectivity index (χ0v) is 20.5. The molecule has 4 unspecified atom stereocenters. The Balaban J connectivity index is 1.42. The molecule has 1 saturated carbocycles. The Morgan fingerprint density at radius 1 is 1.06 bits per heavy atom. The molecule has 0 spiro atoms. The molecule has 2 aromatic carbocycles. The predicted molar refractivity (Wildman–Crippen MR) is 135 cm³/mol. The highest BCUT2D eigenvalue weighted by atomic mass is 32.2. The summed E-state index contributed by atoms with van der Waals surface area (Å²) < 4.78 is 0. The third-order valence-electron chi connectivity index (χ3n) is 7.33. The Bertz CT molecular complexity index is 1110. The molecule has 2 aliphatic heterocycles. The van der Waals surface area contributed by atoms with Crippen molar-refractivity contribution in [1.29, 1.82) is 0 Å². The molecule has 1 N–H and O–H groups in total. The van der Waals surface area contributed by atoms with Crippen molar-refractivity contribution < 1.29 is 14.4 Å². The molecular weight excluding hydrogens is 446 g/mol. The monoisotopic (exact) mass is 477 g/mol. The summed E-state index contributed by atoms with van der Waals surface area (Å²) in [7, 11) is 0. The van der Waals surface area contributed by atoms with E-state index in [1.165, 1.54) is 4.90 Å². The molecule has 178 valence electrons. The van der Waals surface area contributed by atoms with Crippen LogP contribution in [0.25, 0.3) is 0 Å². The topological polar surface area (TPSA) is 69.7 Å². The molecule has 0 aromatic heterocycles. The van der Waals surface area contributed by atoms with E-state index in [0.717, 1.165) is 48.1 Å². The molecule has 1 aliphatic carbocycles. The maximum Gasteiger partial charge on any atom is 0.327 e. The summed E-state index contributed by atoms with van der Waals surface area (Å²) in [6, 6.07) is 14.9. The van der Waals surface area contributed by atoms with Gasteiger partial charge in [-0.2, -0.15) is 0 Å². The Hall–Kier alpha value is -2.80. The molecule has 4 atom stereocenters. The second-order valence-electron chi connectivity index (χ2n) is 9.72. The van der Waals surface area contributed by atoms with Crippen molar-refractivity contribution in [3.05, 3.63) is 65.2 Å². The fraction of sp³-hybridized carbons (Fsp3) is 0.444. The number of benzene rings is 2. The zero-order valence-electron chi connectivity index (χ0n) is 19.7. The van der Waals surface area contributed by atoms with Gasteiger partial charge in [-0.15, -0.1) is 11.8 Å². The van der Waals surface area contributed by atoms with Gasteiger partial charge in [0.25, 0.3) is 0 Å². The van der Waals surface area contributed by atoms with E-state index in [1.54, 1.807) is 16.7 Å². The Morgan fingerprint density at radius 3 is 2.62 bits per heavy atom. The highest BCUT2D eigenvalue weighted by Gasteiger charge is 2.57. The zero-order chi connectivity index (χ0) is 23.8. The molecule has 2 heterocycles. The fourth-order valence-electron chi connectivity index (χ4n) is 5.61. The van der Waals surface area contributed by atoms with Crippen molar-refractivity contribution in [3.8, 4) is 0 Å². The van der Waals surface area contributed by atoms with Crippen LogP contribution in [-0.4, -0.2) is 50.7 Å². The molecule has 6 nitrogen and oxygen atoms in total. The standard InChI is InChI=1S/C27H31N3O3S/c1-17-12-13-18(2)21(14-17)28-23(31)16-29-24-20-10-6-7-11-22(20)34-25(24)26(32)30(27(29)33)15-19-8-4-3-5-9-19/h3-5,8-9,12-14,20,22,24-25H,6-7,10-11,15-16H2,1-2H3,(H,28,31). The Kier molecular flexibility index (Phi) is 6.38. The summed E-state index contributed by atoms with van der Waals surface area (Å²) >= 11 is 1.73. The van der Waals surface area contributed by atoms with Gasteiger partial charge in [0.2, 0.25) is 11.8 Å². The molecule has 5 rings (SSSR count). The molecule has 3 fully saturated rings. The number of aryl methyl sites for hydroxylation is 2. The molecule has 2 saturated heterocycles. The number of fused-ring (bicyclic) bond motifs is 3. The Labute approximate surface area is 205 Å². The van der Waals surface area contributed by atoms with Gasteiger partial charge in [-0.3, -0.25) is 14.5 Å². The summed E-state index contributed by atoms with van der Waals surface area (Å²) in [5, 5.41) is 3.08. The number of hydrogen-bond acceptors (Lipinski definition) is 4. The third-order valence-corrected chi connectivity index (χ3v) is 9.04. The van der Waals surface area contributed by atoms with Gasteiger partial charge in [0.1, 0.15) is 11.8 Å². The number of hydrogen-bond donors (Lipinski definition) is 1. The highest BCUT2D eigenvalue weighted by molar-refractivity contribution is 8.01. The normalized spacial score (nSPS) is 26.3. The molecule has 0 bridgehead atoms. The van der Waals surface area contributed by atoms with Crippen molar-refractivity contribution in [1.82, 2.24) is 9.80 Å². The van der Waals surface area contributed by atoms with Crippen molar-refractivity contribution in [2.75, 3.05) is 11.9 Å². The number of carbonyl (C=O) groups is 3. The SMILES string of the molecule is Cc1ccc(C)c(NC(=O)CN2C(=O)N(Cc3ccccc3)C(=O)C3SC4CCCCC4C32)c1. The summed E-state index contributed by atoms with van der Waals surface area (Å²) in [5.41, 5.74) is 3.71. The summed E-state index contributed by atoms with van der Waals surface area (Å²) in [6.07, 6.45) is 4.36. The van der Waals surface area contributed by atoms with E-state index in [0.29, 0.717) is 5.25 Å². The molecule has 0 radical (unpaired) electrons. The van der Waals surface area contributed by atoms with Crippen LogP contribution in [0.1, 0.15) is 42.4 Å². The molecular formula is C27H31N3O3S. The van der Waals surface area contributed by atoms with E-state index in [1.807, 2.05) is 62.4 Å². The van der Waals surface area contributed by atoms with Gasteiger partial charge in [0.05, 0.1) is 12.6 Å².